The maximum Gasteiger partial charge on any atom is 0.0313 e. The van der Waals surface area contributed by atoms with Gasteiger partial charge in [0.1, 0.15) is 0 Å². The van der Waals surface area contributed by atoms with Gasteiger partial charge in [-0.05, 0) is 49.3 Å². The molecule has 1 aliphatic carbocycles. The summed E-state index contributed by atoms with van der Waals surface area (Å²) in [4.78, 5) is 0. The van der Waals surface area contributed by atoms with Gasteiger partial charge in [0.25, 0.3) is 0 Å². The molecule has 0 spiro atoms. The third-order valence-corrected chi connectivity index (χ3v) is 4.60. The summed E-state index contributed by atoms with van der Waals surface area (Å²) in [6, 6.07) is 13.3. The van der Waals surface area contributed by atoms with Crippen molar-refractivity contribution in [3.63, 3.8) is 0 Å². The third kappa shape index (κ3) is 2.40. The Balaban J connectivity index is 1.88. The number of fused-ring (bicyclic) bond motifs is 1. The molecule has 106 valence electrons. The first kappa shape index (κ1) is 13.4. The molecule has 1 aromatic carbocycles. The molecule has 0 bridgehead atoms. The van der Waals surface area contributed by atoms with E-state index in [1.807, 2.05) is 0 Å². The fourth-order valence-electron chi connectivity index (χ4n) is 3.42. The molecule has 2 heteroatoms. The number of aromatic nitrogens is 1. The highest BCUT2D eigenvalue weighted by Gasteiger charge is 2.22. The van der Waals surface area contributed by atoms with Crippen molar-refractivity contribution in [3.8, 4) is 0 Å². The van der Waals surface area contributed by atoms with Crippen molar-refractivity contribution < 1.29 is 0 Å². The van der Waals surface area contributed by atoms with Crippen LogP contribution in [-0.2, 0) is 13.0 Å². The predicted molar refractivity (Wildman–Crippen MR) is 83.9 cm³/mol. The van der Waals surface area contributed by atoms with Crippen molar-refractivity contribution in [3.05, 3.63) is 58.9 Å². The Morgan fingerprint density at radius 1 is 1.30 bits per heavy atom. The minimum Gasteiger partial charge on any atom is -0.348 e. The van der Waals surface area contributed by atoms with Gasteiger partial charge in [0.15, 0.2) is 0 Å². The first-order valence-corrected chi connectivity index (χ1v) is 7.66. The average Bonchev–Trinajstić information content (AvgIpc) is 2.78. The number of rotatable bonds is 3. The van der Waals surface area contributed by atoms with E-state index in [0.717, 1.165) is 13.0 Å². The van der Waals surface area contributed by atoms with Gasteiger partial charge >= 0.3 is 0 Å². The van der Waals surface area contributed by atoms with Crippen molar-refractivity contribution in [2.24, 2.45) is 5.73 Å². The lowest BCUT2D eigenvalue weighted by atomic mass is 9.93. The minimum atomic E-state index is 0.241. The largest absolute Gasteiger partial charge is 0.348 e. The van der Waals surface area contributed by atoms with Crippen LogP contribution in [0, 0.1) is 6.92 Å². The molecule has 2 unspecified atom stereocenters. The molecule has 0 aliphatic heterocycles. The molecule has 2 aromatic rings. The van der Waals surface area contributed by atoms with Gasteiger partial charge < -0.3 is 10.3 Å². The fraction of sp³-hybridized carbons (Fsp3) is 0.444. The van der Waals surface area contributed by atoms with Crippen LogP contribution >= 0.6 is 0 Å². The number of aryl methyl sites for hydroxylation is 1. The molecule has 0 saturated carbocycles. The zero-order valence-electron chi connectivity index (χ0n) is 12.5. The van der Waals surface area contributed by atoms with E-state index in [4.69, 9.17) is 5.73 Å². The zero-order chi connectivity index (χ0) is 14.1. The molecule has 0 radical (unpaired) electrons. The van der Waals surface area contributed by atoms with Crippen molar-refractivity contribution in [2.75, 3.05) is 0 Å². The van der Waals surface area contributed by atoms with Crippen molar-refractivity contribution in [1.82, 2.24) is 4.57 Å². The first-order chi connectivity index (χ1) is 9.66. The summed E-state index contributed by atoms with van der Waals surface area (Å²) in [5, 5.41) is 0. The predicted octanol–water partition coefficient (Wildman–Crippen LogP) is 3.94. The molecular weight excluding hydrogens is 244 g/mol. The molecule has 1 aromatic heterocycles. The lowest BCUT2D eigenvalue weighted by Gasteiger charge is -2.23. The minimum absolute atomic E-state index is 0.241. The Bertz CT molecular complexity index is 583. The fourth-order valence-corrected chi connectivity index (χ4v) is 3.42. The molecule has 1 heterocycles. The maximum absolute atomic E-state index is 6.26. The van der Waals surface area contributed by atoms with Gasteiger partial charge in [-0.1, -0.05) is 37.3 Å². The summed E-state index contributed by atoms with van der Waals surface area (Å²) in [5.74, 6) is 0.532. The van der Waals surface area contributed by atoms with Gasteiger partial charge in [0, 0.05) is 24.0 Å². The van der Waals surface area contributed by atoms with Gasteiger partial charge in [-0.15, -0.1) is 0 Å². The summed E-state index contributed by atoms with van der Waals surface area (Å²) in [6.07, 6.45) is 3.53. The van der Waals surface area contributed by atoms with Crippen molar-refractivity contribution in [1.29, 1.82) is 0 Å². The van der Waals surface area contributed by atoms with Crippen molar-refractivity contribution >= 4 is 0 Å². The highest BCUT2D eigenvalue weighted by Crippen LogP contribution is 2.32. The quantitative estimate of drug-likeness (QED) is 0.898. The molecular formula is C18H24N2. The molecule has 0 amide bonds. The summed E-state index contributed by atoms with van der Waals surface area (Å²) in [5.41, 5.74) is 11.9. The highest BCUT2D eigenvalue weighted by atomic mass is 15.0. The van der Waals surface area contributed by atoms with Gasteiger partial charge in [0.05, 0.1) is 0 Å². The maximum atomic E-state index is 6.26. The smallest absolute Gasteiger partial charge is 0.0313 e. The van der Waals surface area contributed by atoms with Gasteiger partial charge in [-0.25, -0.2) is 0 Å². The van der Waals surface area contributed by atoms with E-state index >= 15 is 0 Å². The van der Waals surface area contributed by atoms with Crippen LogP contribution in [0.1, 0.15) is 54.2 Å². The second-order valence-electron chi connectivity index (χ2n) is 6.11. The Labute approximate surface area is 121 Å². The second-order valence-corrected chi connectivity index (χ2v) is 6.11. The van der Waals surface area contributed by atoms with Gasteiger partial charge in [-0.3, -0.25) is 0 Å². The number of nitrogens with two attached hydrogens (primary N) is 1. The van der Waals surface area contributed by atoms with E-state index in [2.05, 4.69) is 54.8 Å². The van der Waals surface area contributed by atoms with Crippen LogP contribution in [0.25, 0.3) is 0 Å². The molecule has 0 saturated heterocycles. The van der Waals surface area contributed by atoms with Gasteiger partial charge in [-0.2, -0.15) is 0 Å². The standard InChI is InChI=1S/C18H24N2/c1-13(15-7-4-3-5-8-15)12-20-14(2)11-16-17(19)9-6-10-18(16)20/h3-5,7-8,11,13,17H,6,9-10,12,19H2,1-2H3. The molecule has 20 heavy (non-hydrogen) atoms. The summed E-state index contributed by atoms with van der Waals surface area (Å²) in [6.45, 7) is 5.57. The van der Waals surface area contributed by atoms with Gasteiger partial charge in [0.2, 0.25) is 0 Å². The summed E-state index contributed by atoms with van der Waals surface area (Å²) in [7, 11) is 0. The number of benzene rings is 1. The summed E-state index contributed by atoms with van der Waals surface area (Å²) < 4.78 is 2.49. The Morgan fingerprint density at radius 2 is 2.05 bits per heavy atom. The topological polar surface area (TPSA) is 30.9 Å². The van der Waals surface area contributed by atoms with Crippen LogP contribution < -0.4 is 5.73 Å². The number of nitrogens with zero attached hydrogens (tertiary/aromatic N) is 1. The third-order valence-electron chi connectivity index (χ3n) is 4.60. The molecule has 2 N–H and O–H groups in total. The van der Waals surface area contributed by atoms with Crippen LogP contribution in [0.4, 0.5) is 0 Å². The molecule has 2 atom stereocenters. The van der Waals surface area contributed by atoms with E-state index in [1.165, 1.54) is 35.4 Å². The highest BCUT2D eigenvalue weighted by molar-refractivity contribution is 5.33. The second kappa shape index (κ2) is 5.45. The van der Waals surface area contributed by atoms with Crippen LogP contribution in [0.15, 0.2) is 36.4 Å². The van der Waals surface area contributed by atoms with E-state index in [0.29, 0.717) is 5.92 Å². The van der Waals surface area contributed by atoms with Crippen LogP contribution in [0.5, 0.6) is 0 Å². The zero-order valence-corrected chi connectivity index (χ0v) is 12.5. The Kier molecular flexibility index (Phi) is 3.66. The van der Waals surface area contributed by atoms with E-state index in [-0.39, 0.29) is 6.04 Å². The lowest BCUT2D eigenvalue weighted by molar-refractivity contribution is 0.515. The first-order valence-electron chi connectivity index (χ1n) is 7.66. The van der Waals surface area contributed by atoms with Crippen LogP contribution in [-0.4, -0.2) is 4.57 Å². The molecule has 1 aliphatic rings. The number of hydrogen-bond donors (Lipinski definition) is 1. The molecule has 0 fully saturated rings. The molecule has 3 rings (SSSR count). The lowest BCUT2D eigenvalue weighted by Crippen LogP contribution is -2.19. The number of hydrogen-bond acceptors (Lipinski definition) is 1. The van der Waals surface area contributed by atoms with Crippen molar-refractivity contribution in [2.45, 2.75) is 51.6 Å². The normalized spacial score (nSPS) is 19.6. The van der Waals surface area contributed by atoms with Crippen LogP contribution in [0.2, 0.25) is 0 Å². The molecule has 2 nitrogen and oxygen atoms in total. The van der Waals surface area contributed by atoms with E-state index in [1.54, 1.807) is 0 Å². The average molecular weight is 268 g/mol. The SMILES string of the molecule is Cc1cc2c(n1CC(C)c1ccccc1)CCCC2N. The van der Waals surface area contributed by atoms with E-state index in [9.17, 15) is 0 Å². The Morgan fingerprint density at radius 3 is 2.80 bits per heavy atom. The summed E-state index contributed by atoms with van der Waals surface area (Å²) >= 11 is 0. The van der Waals surface area contributed by atoms with E-state index < -0.39 is 0 Å². The monoisotopic (exact) mass is 268 g/mol. The Hall–Kier alpha value is -1.54. The van der Waals surface area contributed by atoms with Crippen LogP contribution in [0.3, 0.4) is 0 Å².